The van der Waals surface area contributed by atoms with Crippen LogP contribution in [0.4, 0.5) is 0 Å². The number of phosphoric ester groups is 1. The molecule has 0 aliphatic carbocycles. The van der Waals surface area contributed by atoms with Gasteiger partial charge < -0.3 is 19.3 Å². The van der Waals surface area contributed by atoms with Gasteiger partial charge in [-0.1, -0.05) is 19.7 Å². The van der Waals surface area contributed by atoms with Crippen LogP contribution in [0.15, 0.2) is 38.0 Å². The van der Waals surface area contributed by atoms with E-state index in [1.165, 1.54) is 0 Å². The van der Waals surface area contributed by atoms with Gasteiger partial charge in [-0.25, -0.2) is 18.7 Å². The topological polar surface area (TPSA) is 119 Å². The summed E-state index contributed by atoms with van der Waals surface area (Å²) in [5.74, 6) is -5.07. The molecule has 0 aromatic heterocycles. The van der Waals surface area contributed by atoms with E-state index < -0.39 is 25.7 Å². The van der Waals surface area contributed by atoms with Crippen molar-refractivity contribution < 1.29 is 37.9 Å². The van der Waals surface area contributed by atoms with Crippen molar-refractivity contribution in [2.24, 2.45) is 0 Å². The highest BCUT2D eigenvalue weighted by Crippen LogP contribution is 2.43. The SMILES string of the molecule is C=CC(=O)OC(C=C)(OC(=O)C=C)OP(=O)(O)O. The van der Waals surface area contributed by atoms with E-state index in [0.29, 0.717) is 18.2 Å². The summed E-state index contributed by atoms with van der Waals surface area (Å²) in [6.07, 6.45) is 1.92. The molecule has 0 heterocycles. The number of ether oxygens (including phenoxy) is 2. The largest absolute Gasteiger partial charge is 0.475 e. The molecule has 2 N–H and O–H groups in total. The van der Waals surface area contributed by atoms with Gasteiger partial charge in [-0.2, -0.15) is 0 Å². The fourth-order valence-electron chi connectivity index (χ4n) is 0.708. The Labute approximate surface area is 102 Å². The molecule has 8 nitrogen and oxygen atoms in total. The highest BCUT2D eigenvalue weighted by molar-refractivity contribution is 7.46. The molecule has 0 atom stereocenters. The van der Waals surface area contributed by atoms with E-state index in [4.69, 9.17) is 9.79 Å². The van der Waals surface area contributed by atoms with E-state index in [1.807, 2.05) is 0 Å². The molecule has 0 rings (SSSR count). The summed E-state index contributed by atoms with van der Waals surface area (Å²) in [4.78, 5) is 39.3. The lowest BCUT2D eigenvalue weighted by Crippen LogP contribution is -2.39. The van der Waals surface area contributed by atoms with E-state index in [-0.39, 0.29) is 0 Å². The van der Waals surface area contributed by atoms with Crippen molar-refractivity contribution in [3.8, 4) is 0 Å². The van der Waals surface area contributed by atoms with Crippen LogP contribution in [0.25, 0.3) is 0 Å². The van der Waals surface area contributed by atoms with E-state index >= 15 is 0 Å². The summed E-state index contributed by atoms with van der Waals surface area (Å²) in [5.41, 5.74) is 0. The molecule has 0 aromatic rings. The molecule has 0 aromatic carbocycles. The molecule has 0 aliphatic heterocycles. The van der Waals surface area contributed by atoms with Crippen LogP contribution in [0, 0.1) is 0 Å². The molecule has 0 aliphatic rings. The summed E-state index contributed by atoms with van der Waals surface area (Å²) < 4.78 is 23.6. The second kappa shape index (κ2) is 6.27. The minimum absolute atomic E-state index is 0.578. The minimum Gasteiger partial charge on any atom is -0.391 e. The van der Waals surface area contributed by atoms with Gasteiger partial charge in [0.05, 0.1) is 0 Å². The molecule has 0 amide bonds. The second-order valence-corrected chi connectivity index (χ2v) is 3.80. The quantitative estimate of drug-likeness (QED) is 0.226. The van der Waals surface area contributed by atoms with Crippen molar-refractivity contribution in [2.45, 2.75) is 5.97 Å². The fraction of sp³-hybridized carbons (Fsp3) is 0.111. The number of phosphoric acid groups is 1. The zero-order chi connectivity index (χ0) is 14.4. The lowest BCUT2D eigenvalue weighted by atomic mass is 10.5. The molecule has 0 fully saturated rings. The predicted molar refractivity (Wildman–Crippen MR) is 58.6 cm³/mol. The molecule has 0 unspecified atom stereocenters. The highest BCUT2D eigenvalue weighted by atomic mass is 31.2. The Hall–Kier alpha value is -1.73. The average molecular weight is 278 g/mol. The van der Waals surface area contributed by atoms with Crippen molar-refractivity contribution in [3.63, 3.8) is 0 Å². The van der Waals surface area contributed by atoms with Gasteiger partial charge in [0.25, 0.3) is 0 Å². The van der Waals surface area contributed by atoms with Crippen LogP contribution in [0.3, 0.4) is 0 Å². The van der Waals surface area contributed by atoms with Gasteiger partial charge in [0.15, 0.2) is 0 Å². The average Bonchev–Trinajstić information content (AvgIpc) is 2.26. The van der Waals surface area contributed by atoms with Gasteiger partial charge >= 0.3 is 25.7 Å². The Morgan fingerprint density at radius 1 is 1.06 bits per heavy atom. The maximum Gasteiger partial charge on any atom is 0.475 e. The summed E-state index contributed by atoms with van der Waals surface area (Å²) in [5, 5.41) is 0. The Balaban J connectivity index is 5.30. The third kappa shape index (κ3) is 5.55. The van der Waals surface area contributed by atoms with Gasteiger partial charge in [-0.15, -0.1) is 0 Å². The molecule has 100 valence electrons. The van der Waals surface area contributed by atoms with Crippen LogP contribution in [-0.4, -0.2) is 27.7 Å². The molecule has 0 spiro atoms. The van der Waals surface area contributed by atoms with Crippen LogP contribution in [0.1, 0.15) is 0 Å². The van der Waals surface area contributed by atoms with Crippen LogP contribution in [0.5, 0.6) is 0 Å². The van der Waals surface area contributed by atoms with Crippen LogP contribution in [0.2, 0.25) is 0 Å². The van der Waals surface area contributed by atoms with Crippen molar-refractivity contribution in [3.05, 3.63) is 38.0 Å². The first kappa shape index (κ1) is 16.3. The van der Waals surface area contributed by atoms with Crippen molar-refractivity contribution in [1.82, 2.24) is 0 Å². The number of esters is 2. The molecule has 0 saturated heterocycles. The second-order valence-electron chi connectivity index (χ2n) is 2.64. The van der Waals surface area contributed by atoms with Gasteiger partial charge in [0.2, 0.25) is 0 Å². The predicted octanol–water partition coefficient (Wildman–Crippen LogP) is 0.394. The summed E-state index contributed by atoms with van der Waals surface area (Å²) >= 11 is 0. The van der Waals surface area contributed by atoms with E-state index in [1.54, 1.807) is 0 Å². The van der Waals surface area contributed by atoms with Gasteiger partial charge in [-0.05, 0) is 0 Å². The van der Waals surface area contributed by atoms with Gasteiger partial charge in [0.1, 0.15) is 0 Å². The minimum atomic E-state index is -5.13. The van der Waals surface area contributed by atoms with Gasteiger partial charge in [-0.3, -0.25) is 0 Å². The molecular formula is C9H11O8P. The smallest absolute Gasteiger partial charge is 0.391 e. The first-order chi connectivity index (χ1) is 8.18. The number of hydrogen-bond acceptors (Lipinski definition) is 6. The summed E-state index contributed by atoms with van der Waals surface area (Å²) in [6.45, 7) is 9.21. The summed E-state index contributed by atoms with van der Waals surface area (Å²) in [6, 6.07) is 0. The molecular weight excluding hydrogens is 267 g/mol. The molecule has 0 bridgehead atoms. The Bertz CT molecular complexity index is 398. The van der Waals surface area contributed by atoms with E-state index in [0.717, 1.165) is 0 Å². The number of carbonyl (C=O) groups excluding carboxylic acids is 2. The molecule has 9 heteroatoms. The van der Waals surface area contributed by atoms with Crippen LogP contribution >= 0.6 is 7.82 Å². The molecule has 18 heavy (non-hydrogen) atoms. The molecule has 0 radical (unpaired) electrons. The third-order valence-corrected chi connectivity index (χ3v) is 1.81. The first-order valence-electron chi connectivity index (χ1n) is 4.28. The zero-order valence-electron chi connectivity index (χ0n) is 9.14. The maximum absolute atomic E-state index is 11.0. The number of rotatable bonds is 7. The third-order valence-electron chi connectivity index (χ3n) is 1.32. The van der Waals surface area contributed by atoms with Gasteiger partial charge in [0, 0.05) is 18.2 Å². The first-order valence-corrected chi connectivity index (χ1v) is 5.82. The monoisotopic (exact) mass is 278 g/mol. The van der Waals surface area contributed by atoms with E-state index in [2.05, 4.69) is 33.7 Å². The lowest BCUT2D eigenvalue weighted by Gasteiger charge is -2.27. The number of carbonyl (C=O) groups is 2. The fourth-order valence-corrected chi connectivity index (χ4v) is 1.19. The summed E-state index contributed by atoms with van der Waals surface area (Å²) in [7, 11) is -5.13. The Morgan fingerprint density at radius 3 is 1.67 bits per heavy atom. The highest BCUT2D eigenvalue weighted by Gasteiger charge is 2.43. The van der Waals surface area contributed by atoms with Crippen molar-refractivity contribution in [1.29, 1.82) is 0 Å². The van der Waals surface area contributed by atoms with Crippen LogP contribution in [-0.2, 0) is 28.2 Å². The lowest BCUT2D eigenvalue weighted by molar-refractivity contribution is -0.281. The van der Waals surface area contributed by atoms with E-state index in [9.17, 15) is 14.2 Å². The zero-order valence-corrected chi connectivity index (χ0v) is 10.0. The Morgan fingerprint density at radius 2 is 1.44 bits per heavy atom. The van der Waals surface area contributed by atoms with Crippen molar-refractivity contribution in [2.75, 3.05) is 0 Å². The Kier molecular flexibility index (Phi) is 5.67. The van der Waals surface area contributed by atoms with Crippen LogP contribution < -0.4 is 0 Å². The maximum atomic E-state index is 11.0. The molecule has 0 saturated carbocycles. The standard InChI is InChI=1S/C9H11O8P/c1-4-7(10)15-9(6-3,16-8(11)5-2)17-18(12,13)14/h4-6H,1-3H2,(H2,12,13,14). The van der Waals surface area contributed by atoms with Crippen molar-refractivity contribution >= 4 is 19.8 Å². The number of hydrogen-bond donors (Lipinski definition) is 2. The normalized spacial score (nSPS) is 11.2.